The van der Waals surface area contributed by atoms with Crippen LogP contribution in [0.3, 0.4) is 0 Å². The molecule has 6 N–H and O–H groups in total. The number of carboxylic acid groups (broad SMARTS) is 1. The standard InChI is InChI=1S/C27H37N3O6/c1-27(2,3)24(33)25(34)29-20(14-18-10-6-4-7-11-18)22(31)16-28-17-23(32)21(30-26(35)36)15-19-12-8-5-9-13-19/h4-13,20-23,28,30-32H,14-17H2,1-3H3,(H,29,34)(H,35,36)/t20-,21-,22?,23+/m0/s1. The van der Waals surface area contributed by atoms with Crippen molar-refractivity contribution in [1.29, 1.82) is 0 Å². The molecule has 0 radical (unpaired) electrons. The van der Waals surface area contributed by atoms with Crippen LogP contribution in [0, 0.1) is 5.41 Å². The number of Topliss-reactive ketones (excluding diaryl/α,β-unsaturated/α-hetero) is 1. The number of rotatable bonds is 13. The largest absolute Gasteiger partial charge is 0.465 e. The van der Waals surface area contributed by atoms with Gasteiger partial charge in [0, 0.05) is 18.5 Å². The first-order valence-corrected chi connectivity index (χ1v) is 12.0. The Labute approximate surface area is 211 Å². The molecule has 2 rings (SSSR count). The molecule has 0 bridgehead atoms. The van der Waals surface area contributed by atoms with Crippen molar-refractivity contribution in [3.8, 4) is 0 Å². The van der Waals surface area contributed by atoms with E-state index in [1.807, 2.05) is 60.7 Å². The summed E-state index contributed by atoms with van der Waals surface area (Å²) in [6, 6.07) is 17.0. The number of ketones is 1. The third-order valence-electron chi connectivity index (χ3n) is 5.75. The second-order valence-corrected chi connectivity index (χ2v) is 9.89. The van der Waals surface area contributed by atoms with Gasteiger partial charge in [-0.05, 0) is 24.0 Å². The van der Waals surface area contributed by atoms with E-state index in [4.69, 9.17) is 0 Å². The van der Waals surface area contributed by atoms with Gasteiger partial charge in [-0.25, -0.2) is 4.79 Å². The third-order valence-corrected chi connectivity index (χ3v) is 5.75. The molecule has 9 heteroatoms. The van der Waals surface area contributed by atoms with Gasteiger partial charge < -0.3 is 31.3 Å². The van der Waals surface area contributed by atoms with Crippen molar-refractivity contribution < 1.29 is 29.7 Å². The summed E-state index contributed by atoms with van der Waals surface area (Å²) in [5.74, 6) is -1.35. The predicted molar refractivity (Wildman–Crippen MR) is 137 cm³/mol. The summed E-state index contributed by atoms with van der Waals surface area (Å²) >= 11 is 0. The molecule has 0 saturated carbocycles. The van der Waals surface area contributed by atoms with E-state index in [1.54, 1.807) is 20.8 Å². The van der Waals surface area contributed by atoms with Crippen LogP contribution in [0.2, 0.25) is 0 Å². The van der Waals surface area contributed by atoms with Crippen LogP contribution >= 0.6 is 0 Å². The number of hydrogen-bond acceptors (Lipinski definition) is 6. The van der Waals surface area contributed by atoms with Crippen LogP contribution in [0.15, 0.2) is 60.7 Å². The Kier molecular flexibility index (Phi) is 11.0. The molecule has 2 aromatic carbocycles. The van der Waals surface area contributed by atoms with E-state index in [2.05, 4.69) is 16.0 Å². The molecule has 0 heterocycles. The molecule has 2 aromatic rings. The van der Waals surface area contributed by atoms with E-state index in [9.17, 15) is 29.7 Å². The number of aliphatic hydroxyl groups is 2. The fourth-order valence-electron chi connectivity index (χ4n) is 3.70. The fraction of sp³-hybridized carbons (Fsp3) is 0.444. The van der Waals surface area contributed by atoms with Gasteiger partial charge in [-0.3, -0.25) is 9.59 Å². The number of hydrogen-bond donors (Lipinski definition) is 6. The zero-order chi connectivity index (χ0) is 26.7. The van der Waals surface area contributed by atoms with Gasteiger partial charge >= 0.3 is 6.09 Å². The smallest absolute Gasteiger partial charge is 0.404 e. The number of nitrogens with one attached hydrogen (secondary N) is 3. The second-order valence-electron chi connectivity index (χ2n) is 9.89. The summed E-state index contributed by atoms with van der Waals surface area (Å²) in [5, 5.41) is 38.6. The molecule has 36 heavy (non-hydrogen) atoms. The molecule has 9 nitrogen and oxygen atoms in total. The van der Waals surface area contributed by atoms with Gasteiger partial charge in [0.15, 0.2) is 0 Å². The molecule has 196 valence electrons. The van der Waals surface area contributed by atoms with Crippen molar-refractivity contribution in [2.75, 3.05) is 13.1 Å². The summed E-state index contributed by atoms with van der Waals surface area (Å²) in [7, 11) is 0. The Bertz CT molecular complexity index is 978. The van der Waals surface area contributed by atoms with Crippen molar-refractivity contribution in [1.82, 2.24) is 16.0 Å². The fourth-order valence-corrected chi connectivity index (χ4v) is 3.70. The van der Waals surface area contributed by atoms with Crippen molar-refractivity contribution in [3.05, 3.63) is 71.8 Å². The molecular weight excluding hydrogens is 462 g/mol. The van der Waals surface area contributed by atoms with Gasteiger partial charge in [0.05, 0.1) is 24.3 Å². The van der Waals surface area contributed by atoms with E-state index in [-0.39, 0.29) is 13.1 Å². The Morgan fingerprint density at radius 2 is 1.17 bits per heavy atom. The van der Waals surface area contributed by atoms with Crippen molar-refractivity contribution in [3.63, 3.8) is 0 Å². The van der Waals surface area contributed by atoms with Gasteiger partial charge in [-0.15, -0.1) is 0 Å². The Morgan fingerprint density at radius 1 is 0.750 bits per heavy atom. The lowest BCUT2D eigenvalue weighted by atomic mass is 9.90. The van der Waals surface area contributed by atoms with Crippen LogP contribution < -0.4 is 16.0 Å². The second kappa shape index (κ2) is 13.7. The quantitative estimate of drug-likeness (QED) is 0.229. The van der Waals surface area contributed by atoms with Gasteiger partial charge in [0.2, 0.25) is 5.78 Å². The van der Waals surface area contributed by atoms with Crippen LogP contribution in [0.25, 0.3) is 0 Å². The summed E-state index contributed by atoms with van der Waals surface area (Å²) in [4.78, 5) is 36.2. The third kappa shape index (κ3) is 9.77. The lowest BCUT2D eigenvalue weighted by molar-refractivity contribution is -0.143. The van der Waals surface area contributed by atoms with E-state index in [0.29, 0.717) is 12.8 Å². The van der Waals surface area contributed by atoms with Crippen LogP contribution in [0.4, 0.5) is 4.79 Å². The number of amides is 2. The summed E-state index contributed by atoms with van der Waals surface area (Å²) < 4.78 is 0. The Hall–Kier alpha value is -3.27. The van der Waals surface area contributed by atoms with Gasteiger partial charge in [-0.1, -0.05) is 81.4 Å². The summed E-state index contributed by atoms with van der Waals surface area (Å²) in [6.07, 6.45) is -2.80. The molecule has 2 amide bonds. The molecule has 0 aromatic heterocycles. The lowest BCUT2D eigenvalue weighted by Crippen LogP contribution is -2.53. The maximum absolute atomic E-state index is 12.5. The highest BCUT2D eigenvalue weighted by molar-refractivity contribution is 6.38. The molecule has 0 spiro atoms. The van der Waals surface area contributed by atoms with Crippen LogP contribution in [0.1, 0.15) is 31.9 Å². The molecule has 0 saturated heterocycles. The molecule has 1 unspecified atom stereocenters. The molecule has 0 fully saturated rings. The number of carbonyl (C=O) groups excluding carboxylic acids is 2. The highest BCUT2D eigenvalue weighted by atomic mass is 16.4. The lowest BCUT2D eigenvalue weighted by Gasteiger charge is -2.27. The highest BCUT2D eigenvalue weighted by Gasteiger charge is 2.31. The van der Waals surface area contributed by atoms with Crippen molar-refractivity contribution >= 4 is 17.8 Å². The number of benzene rings is 2. The van der Waals surface area contributed by atoms with E-state index in [1.165, 1.54) is 0 Å². The average Bonchev–Trinajstić information content (AvgIpc) is 2.83. The van der Waals surface area contributed by atoms with E-state index in [0.717, 1.165) is 11.1 Å². The minimum absolute atomic E-state index is 0.00175. The summed E-state index contributed by atoms with van der Waals surface area (Å²) in [5.41, 5.74) is 0.878. The van der Waals surface area contributed by atoms with E-state index < -0.39 is 47.5 Å². The minimum atomic E-state index is -1.25. The maximum Gasteiger partial charge on any atom is 0.404 e. The highest BCUT2D eigenvalue weighted by Crippen LogP contribution is 2.15. The van der Waals surface area contributed by atoms with Gasteiger partial charge in [-0.2, -0.15) is 0 Å². The van der Waals surface area contributed by atoms with Gasteiger partial charge in [0.25, 0.3) is 5.91 Å². The number of aliphatic hydroxyl groups excluding tert-OH is 2. The molecule has 0 aliphatic rings. The molecule has 0 aliphatic heterocycles. The van der Waals surface area contributed by atoms with Crippen molar-refractivity contribution in [2.24, 2.45) is 5.41 Å². The first kappa shape index (κ1) is 29.0. The Morgan fingerprint density at radius 3 is 1.56 bits per heavy atom. The van der Waals surface area contributed by atoms with E-state index >= 15 is 0 Å². The molecular formula is C27H37N3O6. The zero-order valence-electron chi connectivity index (χ0n) is 21.0. The first-order chi connectivity index (χ1) is 17.0. The molecule has 4 atom stereocenters. The van der Waals surface area contributed by atoms with Crippen LogP contribution in [-0.4, -0.2) is 70.5 Å². The number of carbonyl (C=O) groups is 3. The SMILES string of the molecule is CC(C)(C)C(=O)C(=O)N[C@@H](Cc1ccccc1)C(O)CNC[C@@H](O)[C@H](Cc1ccccc1)NC(=O)O. The zero-order valence-corrected chi connectivity index (χ0v) is 21.0. The average molecular weight is 500 g/mol. The molecule has 0 aliphatic carbocycles. The predicted octanol–water partition coefficient (Wildman–Crippen LogP) is 1.52. The minimum Gasteiger partial charge on any atom is -0.465 e. The van der Waals surface area contributed by atoms with Crippen LogP contribution in [-0.2, 0) is 22.4 Å². The van der Waals surface area contributed by atoms with Crippen molar-refractivity contribution in [2.45, 2.75) is 57.9 Å². The Balaban J connectivity index is 2.01. The van der Waals surface area contributed by atoms with Gasteiger partial charge in [0.1, 0.15) is 0 Å². The normalized spacial score (nSPS) is 14.8. The summed E-state index contributed by atoms with van der Waals surface area (Å²) in [6.45, 7) is 4.96. The monoisotopic (exact) mass is 499 g/mol. The first-order valence-electron chi connectivity index (χ1n) is 12.0. The maximum atomic E-state index is 12.5. The topological polar surface area (TPSA) is 148 Å². The van der Waals surface area contributed by atoms with Crippen LogP contribution in [0.5, 0.6) is 0 Å².